The first-order chi connectivity index (χ1) is 69.2. The predicted octanol–water partition coefficient (Wildman–Crippen LogP) is 24.4. The van der Waals surface area contributed by atoms with Crippen molar-refractivity contribution in [2.24, 2.45) is 5.73 Å². The number of aryl methyl sites for hydroxylation is 4. The Balaban J connectivity index is 0.000000230. The van der Waals surface area contributed by atoms with Gasteiger partial charge in [-0.15, -0.1) is 78.2 Å². The fourth-order valence-electron chi connectivity index (χ4n) is 11.2. The number of halogens is 11. The second-order valence-electron chi connectivity index (χ2n) is 33.4. The summed E-state index contributed by atoms with van der Waals surface area (Å²) in [7, 11) is -0.280. The van der Waals surface area contributed by atoms with Gasteiger partial charge in [0.05, 0.1) is 10.6 Å². The van der Waals surface area contributed by atoms with Crippen molar-refractivity contribution < 1.29 is 58.1 Å². The molecule has 0 aliphatic rings. The molecule has 0 spiro atoms. The van der Waals surface area contributed by atoms with E-state index >= 15 is 0 Å². The topological polar surface area (TPSA) is 519 Å². The summed E-state index contributed by atoms with van der Waals surface area (Å²) in [5.41, 5.74) is 13.4. The Morgan fingerprint density at radius 1 is 0.497 bits per heavy atom. The molecule has 0 bridgehead atoms. The van der Waals surface area contributed by atoms with Crippen LogP contribution in [0.4, 0.5) is 17.5 Å². The van der Waals surface area contributed by atoms with Crippen molar-refractivity contribution in [3.8, 4) is 75.2 Å². The number of methoxy groups -OCH3 is 2. The van der Waals surface area contributed by atoms with Crippen molar-refractivity contribution in [3.05, 3.63) is 201 Å². The van der Waals surface area contributed by atoms with E-state index in [2.05, 4.69) is 382 Å². The van der Waals surface area contributed by atoms with E-state index in [1.54, 1.807) is 72.2 Å². The number of pyridine rings is 3. The number of nitrogens with one attached hydrogen (secondary N) is 5. The zero-order valence-corrected chi connectivity index (χ0v) is 110. The summed E-state index contributed by atoms with van der Waals surface area (Å²) < 4.78 is 33.2. The first kappa shape index (κ1) is 127. The number of carboxylic acids is 1. The fraction of sp³-hybridized carbons (Fsp3) is 0.299. The number of amides is 4. The standard InChI is InChI=1S/C20H18N6OS.C18H23BrN6O2SSi.C11H16Br2N4OSSi.C8H11BO2.C7H7N2O.C5H2Br2N4S.C4H2Br2N2OS.C4HBr2NO2S.C4H10O2.C3HBr2NS.3CH3.Sn/c1-11-5-4-6-12(2)16(11)17-18(19-22-10-23-26-19)28-20(25-17)14-7-8-21-15(9-14)24-13(3)27;1-12(26)22-14-9-13(5-6-20-14)18-23-16(19)15(28-18)17-21-10-25(24-17)11-27-7-8-29(2,3)4;1-20(2,3)5-4-18-7-17-6-14-10(16-17)8-9(12)15-11(13)19-8;1-6-4-3-5-7(2)8(6)9(10)11;1-6(10)9-7-4-2-3-5-8-7;6-3-2(12-5(7)10-3)4-8-1-9-11-4;5-2-1(3(7)9)10-4(6)8-2;5-2-1(3(8)9)10-4(6)7-2;1-4(5-2)6-3;4-2-1-7-3(5)6-2;;;;/h4-10H,1-3H3,(H,21,24,27)(H,22,23,26);5-6,9-10H,7-8,11H2,1-4H3,(H,20,22,26);6H,4-5,7H2,1-3H3;3-5,10-11H,1-2H3;3-5H,1H3,(H,8,9,10);1H,(H,8,9,11);(H2,7,9);(H,8,9);4H,1-3H3;1H;3*1H3;. The summed E-state index contributed by atoms with van der Waals surface area (Å²) in [6.07, 6.45) is 11.3. The fourth-order valence-corrected chi connectivity index (χ4v) is 29.0. The zero-order chi connectivity index (χ0) is 109. The van der Waals surface area contributed by atoms with Gasteiger partial charge in [0.25, 0.3) is 5.91 Å². The van der Waals surface area contributed by atoms with E-state index in [9.17, 15) is 24.0 Å². The monoisotopic (exact) mass is 2980 g/mol. The van der Waals surface area contributed by atoms with Crippen LogP contribution in [0.25, 0.3) is 75.2 Å². The average Bonchev–Trinajstić information content (AvgIpc) is 1.63. The molecular weight excluding hydrogens is 2890 g/mol. The molecule has 0 unspecified atom stereocenters. The van der Waals surface area contributed by atoms with Crippen LogP contribution < -0.4 is 30.7 Å². The molecule has 38 nitrogen and oxygen atoms in total. The molecule has 16 rings (SSSR count). The van der Waals surface area contributed by atoms with Crippen LogP contribution in [0.5, 0.6) is 0 Å². The predicted molar refractivity (Wildman–Crippen MR) is 633 cm³/mol. The van der Waals surface area contributed by atoms with Crippen molar-refractivity contribution in [1.29, 1.82) is 0 Å². The first-order valence-corrected chi connectivity index (χ1v) is 74.8. The van der Waals surface area contributed by atoms with Crippen molar-refractivity contribution in [2.75, 3.05) is 43.4 Å². The van der Waals surface area contributed by atoms with Crippen LogP contribution >= 0.6 is 255 Å². The Morgan fingerprint density at radius 2 is 0.898 bits per heavy atom. The van der Waals surface area contributed by atoms with E-state index in [4.69, 9.17) is 35.3 Å². The number of carbonyl (C=O) groups excluding carboxylic acids is 4. The van der Waals surface area contributed by atoms with E-state index in [-0.39, 0.29) is 28.9 Å². The summed E-state index contributed by atoms with van der Waals surface area (Å²) in [5, 5.41) is 60.4. The number of nitrogens with zero attached hydrogens (tertiary/aromatic N) is 20. The molecule has 784 valence electrons. The number of anilines is 3. The summed E-state index contributed by atoms with van der Waals surface area (Å²) in [5.74, 6) is 2.48. The molecule has 0 radical (unpaired) electrons. The summed E-state index contributed by atoms with van der Waals surface area (Å²) >= 11 is 43.4. The third-order valence-electron chi connectivity index (χ3n) is 18.2. The molecule has 0 saturated carbocycles. The SMILES string of the molecule is Brc1csc(Br)n1.Brc1nc(Br)c(-c2ncn[nH]2)s1.CC(=O)Nc1c[c]([Sn]([CH3])([CH3])[CH3])ccn1.CC(=O)Nc1cc(-c2nc(-c3c(C)cccc3C)c(-c3ncn[nH]3)s2)ccn1.CC(=O)Nc1cc(-c2nc(Br)c(-c3ncn(COCC[Si](C)(C)C)n3)s2)ccn1.COC(C)OC.C[Si](C)(C)CCOCn1cnc(-c2sc(Br)nc2Br)n1.Cc1cccc(C)c1B(O)O.NC(=O)c1sc(Br)nc1Br.O=C(O)c1sc(Br)nc1Br. The molecule has 0 saturated heterocycles. The molecule has 4 amide bonds. The summed E-state index contributed by atoms with van der Waals surface area (Å²) in [4.78, 5) is 125. The van der Waals surface area contributed by atoms with E-state index < -0.39 is 53.5 Å². The van der Waals surface area contributed by atoms with Gasteiger partial charge in [-0.2, -0.15) is 10.2 Å². The van der Waals surface area contributed by atoms with Gasteiger partial charge in [0.1, 0.15) is 112 Å². The minimum Gasteiger partial charge on any atom is -0.477 e. The molecule has 10 N–H and O–H groups in total. The molecule has 147 heavy (non-hydrogen) atoms. The van der Waals surface area contributed by atoms with Gasteiger partial charge in [-0.05, 0) is 263 Å². The molecule has 2 aromatic carbocycles. The van der Waals surface area contributed by atoms with Gasteiger partial charge in [0, 0.05) is 91.9 Å². The average molecular weight is 2990 g/mol. The van der Waals surface area contributed by atoms with Crippen LogP contribution in [0.15, 0.2) is 169 Å². The number of aromatic amines is 2. The molecule has 16 aromatic rings. The van der Waals surface area contributed by atoms with Gasteiger partial charge in [-0.25, -0.2) is 78.9 Å². The van der Waals surface area contributed by atoms with Crippen LogP contribution in [0.3, 0.4) is 0 Å². The van der Waals surface area contributed by atoms with E-state index in [1.807, 2.05) is 74.7 Å². The number of nitrogens with two attached hydrogens (primary N) is 1. The molecule has 0 aliphatic carbocycles. The number of ether oxygens (including phenoxy) is 4. The van der Waals surface area contributed by atoms with Crippen LogP contribution in [-0.4, -0.2) is 230 Å². The first-order valence-electron chi connectivity index (χ1n) is 42.9. The van der Waals surface area contributed by atoms with Gasteiger partial charge < -0.3 is 50.5 Å². The van der Waals surface area contributed by atoms with Crippen LogP contribution in [0.1, 0.15) is 69.3 Å². The second-order valence-corrected chi connectivity index (χ2v) is 77.0. The number of H-pyrrole nitrogens is 2. The van der Waals surface area contributed by atoms with Gasteiger partial charge in [-0.3, -0.25) is 24.6 Å². The maximum Gasteiger partial charge on any atom is 0.488 e. The van der Waals surface area contributed by atoms with Crippen molar-refractivity contribution in [1.82, 2.24) is 110 Å². The third kappa shape index (κ3) is 44.9. The Hall–Kier alpha value is -6.45. The van der Waals surface area contributed by atoms with Gasteiger partial charge in [0.15, 0.2) is 49.2 Å². The van der Waals surface area contributed by atoms with Crippen molar-refractivity contribution in [2.45, 2.75) is 141 Å². The van der Waals surface area contributed by atoms with E-state index in [0.29, 0.717) is 80.4 Å². The molecular formula is C87H100BBr11N26O12S7Si2Sn. The number of rotatable bonds is 26. The Morgan fingerprint density at radius 3 is 1.24 bits per heavy atom. The largest absolute Gasteiger partial charge is 0.488 e. The number of aromatic nitrogens is 22. The van der Waals surface area contributed by atoms with Crippen LogP contribution in [-0.2, 0) is 46.8 Å². The van der Waals surface area contributed by atoms with Gasteiger partial charge >= 0.3 is 102 Å². The number of benzene rings is 2. The van der Waals surface area contributed by atoms with Crippen LogP contribution in [0, 0.1) is 27.7 Å². The molecule has 14 aromatic heterocycles. The maximum absolute atomic E-state index is 11.4. The maximum atomic E-state index is 11.4. The smallest absolute Gasteiger partial charge is 0.477 e. The Labute approximate surface area is 975 Å². The third-order valence-corrected chi connectivity index (χ3v) is 42.0. The quantitative estimate of drug-likeness (QED) is 0.0138. The summed E-state index contributed by atoms with van der Waals surface area (Å²) in [6, 6.07) is 25.5. The van der Waals surface area contributed by atoms with Crippen LogP contribution in [0.2, 0.25) is 66.2 Å². The second kappa shape index (κ2) is 62.8. The Kier molecular flexibility index (Phi) is 54.4. The number of hydrogen-bond donors (Lipinski definition) is 9. The molecule has 14 heterocycles. The Bertz CT molecular complexity index is 6830. The van der Waals surface area contributed by atoms with Crippen molar-refractivity contribution in [3.63, 3.8) is 0 Å². The molecule has 0 aliphatic heterocycles. The van der Waals surface area contributed by atoms with E-state index in [0.717, 1.165) is 142 Å². The summed E-state index contributed by atoms with van der Waals surface area (Å²) in [6.45, 7) is 30.4. The van der Waals surface area contributed by atoms with E-state index in [1.165, 1.54) is 93.7 Å². The number of hydrogen-bond acceptors (Lipinski definition) is 36. The minimum absolute atomic E-state index is 0.0648. The van der Waals surface area contributed by atoms with Gasteiger partial charge in [0.2, 0.25) is 11.8 Å². The number of aromatic carboxylic acids is 1. The molecule has 0 fully saturated rings. The van der Waals surface area contributed by atoms with Gasteiger partial charge in [-0.1, -0.05) is 98.1 Å². The number of carbonyl (C=O) groups is 5. The zero-order valence-electron chi connectivity index (χ0n) is 82.0. The molecule has 0 atom stereocenters. The minimum atomic E-state index is -2.02. The molecule has 60 heteroatoms. The number of thiazole rings is 7. The van der Waals surface area contributed by atoms with Crippen molar-refractivity contribution >= 4 is 352 Å². The number of carboxylic acid groups (broad SMARTS) is 1. The number of primary amides is 1. The normalized spacial score (nSPS) is 10.8.